The molecule has 9 nitrogen and oxygen atoms in total. The molecule has 0 aromatic heterocycles. The van der Waals surface area contributed by atoms with E-state index in [1.54, 1.807) is 14.0 Å². The van der Waals surface area contributed by atoms with Gasteiger partial charge in [-0.25, -0.2) is 0 Å². The predicted octanol–water partition coefficient (Wildman–Crippen LogP) is 3.89. The molecule has 1 aliphatic rings. The summed E-state index contributed by atoms with van der Waals surface area (Å²) in [6.45, 7) is 5.35. The first-order valence-corrected chi connectivity index (χ1v) is 15.7. The maximum absolute atomic E-state index is 13.4. The average Bonchev–Trinajstić information content (AvgIpc) is 3.02. The van der Waals surface area contributed by atoms with E-state index in [4.69, 9.17) is 16.3 Å². The first-order valence-electron chi connectivity index (χ1n) is 15.3. The molecular weight excluding hydrogens is 568 g/mol. The number of nitrogens with one attached hydrogen (secondary N) is 3. The minimum atomic E-state index is -0.910. The van der Waals surface area contributed by atoms with Crippen LogP contribution in [0.1, 0.15) is 56.6 Å². The summed E-state index contributed by atoms with van der Waals surface area (Å²) in [5, 5.41) is 19.3. The van der Waals surface area contributed by atoms with Crippen molar-refractivity contribution in [1.29, 1.82) is 0 Å². The summed E-state index contributed by atoms with van der Waals surface area (Å²) in [7, 11) is 1.59. The van der Waals surface area contributed by atoms with Gasteiger partial charge in [-0.2, -0.15) is 0 Å². The Bertz CT molecular complexity index is 1070. The highest BCUT2D eigenvalue weighted by atomic mass is 35.5. The van der Waals surface area contributed by atoms with Crippen molar-refractivity contribution in [2.45, 2.75) is 70.9 Å². The predicted molar refractivity (Wildman–Crippen MR) is 171 cm³/mol. The number of carbonyl (C=O) groups is 3. The van der Waals surface area contributed by atoms with E-state index >= 15 is 0 Å². The number of hydrogen-bond acceptors (Lipinski definition) is 6. The molecule has 0 radical (unpaired) electrons. The van der Waals surface area contributed by atoms with Gasteiger partial charge in [0.15, 0.2) is 0 Å². The SMILES string of the molecule is CCNC(=O)C(CO)N(C)C(=O)C(NCCOc1ccccc1CCCNC=O)C1CCCCC1.Cc1ccc(Cl)cc1. The number of amides is 3. The number of rotatable bonds is 16. The van der Waals surface area contributed by atoms with Crippen LogP contribution in [0.5, 0.6) is 5.75 Å². The summed E-state index contributed by atoms with van der Waals surface area (Å²) in [5.74, 6) is 0.460. The molecule has 0 spiro atoms. The third-order valence-corrected chi connectivity index (χ3v) is 7.84. The first-order chi connectivity index (χ1) is 20.8. The Balaban J connectivity index is 0.000000694. The lowest BCUT2D eigenvalue weighted by atomic mass is 9.83. The van der Waals surface area contributed by atoms with Crippen LogP contribution in [0.15, 0.2) is 48.5 Å². The molecule has 3 amide bonds. The van der Waals surface area contributed by atoms with Gasteiger partial charge in [0, 0.05) is 31.7 Å². The smallest absolute Gasteiger partial charge is 0.245 e. The van der Waals surface area contributed by atoms with Gasteiger partial charge >= 0.3 is 0 Å². The summed E-state index contributed by atoms with van der Waals surface area (Å²) in [4.78, 5) is 37.6. The molecule has 4 N–H and O–H groups in total. The van der Waals surface area contributed by atoms with Crippen LogP contribution in [-0.2, 0) is 20.8 Å². The summed E-state index contributed by atoms with van der Waals surface area (Å²) in [6, 6.07) is 14.2. The van der Waals surface area contributed by atoms with Gasteiger partial charge in [0.05, 0.1) is 12.6 Å². The van der Waals surface area contributed by atoms with Crippen LogP contribution in [0.4, 0.5) is 0 Å². The van der Waals surface area contributed by atoms with Crippen molar-refractivity contribution in [2.75, 3.05) is 39.9 Å². The molecule has 1 fully saturated rings. The summed E-state index contributed by atoms with van der Waals surface area (Å²) in [6.07, 6.45) is 7.58. The zero-order chi connectivity index (χ0) is 31.5. The summed E-state index contributed by atoms with van der Waals surface area (Å²) >= 11 is 5.61. The van der Waals surface area contributed by atoms with Crippen molar-refractivity contribution < 1.29 is 24.2 Å². The second kappa shape index (κ2) is 20.7. The number of para-hydroxylation sites is 1. The lowest BCUT2D eigenvalue weighted by molar-refractivity contribution is -0.143. The third kappa shape index (κ3) is 12.9. The number of ether oxygens (including phenoxy) is 1. The number of aryl methyl sites for hydroxylation is 2. The van der Waals surface area contributed by atoms with Gasteiger partial charge in [-0.3, -0.25) is 14.4 Å². The van der Waals surface area contributed by atoms with Gasteiger partial charge in [-0.15, -0.1) is 0 Å². The highest BCUT2D eigenvalue weighted by Crippen LogP contribution is 2.28. The molecule has 2 atom stereocenters. The number of hydrogen-bond donors (Lipinski definition) is 4. The third-order valence-electron chi connectivity index (χ3n) is 7.59. The molecule has 2 aromatic rings. The van der Waals surface area contributed by atoms with Crippen LogP contribution in [-0.4, -0.2) is 80.2 Å². The fraction of sp³-hybridized carbons (Fsp3) is 0.545. The quantitative estimate of drug-likeness (QED) is 0.168. The van der Waals surface area contributed by atoms with E-state index in [0.29, 0.717) is 32.7 Å². The molecule has 2 aromatic carbocycles. The summed E-state index contributed by atoms with van der Waals surface area (Å²) in [5.41, 5.74) is 2.32. The van der Waals surface area contributed by atoms with Gasteiger partial charge in [-0.05, 0) is 69.2 Å². The number of benzene rings is 2. The Morgan fingerprint density at radius 3 is 2.42 bits per heavy atom. The van der Waals surface area contributed by atoms with Crippen LogP contribution < -0.4 is 20.7 Å². The molecule has 1 aliphatic carbocycles. The van der Waals surface area contributed by atoms with E-state index in [2.05, 4.69) is 16.0 Å². The second-order valence-electron chi connectivity index (χ2n) is 10.8. The van der Waals surface area contributed by atoms with Gasteiger partial charge in [-0.1, -0.05) is 66.8 Å². The van der Waals surface area contributed by atoms with Crippen LogP contribution >= 0.6 is 11.6 Å². The van der Waals surface area contributed by atoms with E-state index in [1.165, 1.54) is 16.9 Å². The summed E-state index contributed by atoms with van der Waals surface area (Å²) < 4.78 is 6.03. The maximum atomic E-state index is 13.4. The Kier molecular flexibility index (Phi) is 17.4. The molecule has 10 heteroatoms. The Hall–Kier alpha value is -3.14. The topological polar surface area (TPSA) is 120 Å². The molecule has 0 aliphatic heterocycles. The number of aliphatic hydroxyl groups excluding tert-OH is 1. The van der Waals surface area contributed by atoms with Crippen molar-refractivity contribution in [3.8, 4) is 5.75 Å². The lowest BCUT2D eigenvalue weighted by Gasteiger charge is -2.35. The minimum absolute atomic E-state index is 0.176. The standard InChI is InChI=1S/C26H42N4O5.C7H7Cl/c1-3-28-25(33)22(18-31)30(2)26(34)24(21-11-5-4-6-12-21)29-16-17-35-23-14-8-7-10-20(23)13-9-15-27-19-32;1-6-2-4-7(8)5-3-6/h7-8,10,14,19,21-22,24,29,31H,3-6,9,11-13,15-18H2,1-2H3,(H,27,32)(H,28,33);2-5H,1H3. The Labute approximate surface area is 261 Å². The minimum Gasteiger partial charge on any atom is -0.492 e. The van der Waals surface area contributed by atoms with Gasteiger partial charge in [0.25, 0.3) is 0 Å². The van der Waals surface area contributed by atoms with Gasteiger partial charge < -0.3 is 30.7 Å². The first kappa shape index (κ1) is 36.1. The highest BCUT2D eigenvalue weighted by molar-refractivity contribution is 6.30. The van der Waals surface area contributed by atoms with E-state index in [0.717, 1.165) is 54.9 Å². The van der Waals surface area contributed by atoms with Gasteiger partial charge in [0.1, 0.15) is 18.4 Å². The molecule has 0 heterocycles. The average molecular weight is 617 g/mol. The van der Waals surface area contributed by atoms with E-state index < -0.39 is 18.7 Å². The van der Waals surface area contributed by atoms with E-state index in [-0.39, 0.29) is 17.7 Å². The fourth-order valence-electron chi connectivity index (χ4n) is 5.17. The largest absolute Gasteiger partial charge is 0.492 e. The van der Waals surface area contributed by atoms with Crippen LogP contribution in [0.2, 0.25) is 5.02 Å². The van der Waals surface area contributed by atoms with Crippen molar-refractivity contribution >= 4 is 29.8 Å². The molecule has 3 rings (SSSR count). The highest BCUT2D eigenvalue weighted by Gasteiger charge is 2.35. The zero-order valence-electron chi connectivity index (χ0n) is 25.8. The molecule has 238 valence electrons. The van der Waals surface area contributed by atoms with Crippen LogP contribution in [0, 0.1) is 12.8 Å². The Morgan fingerprint density at radius 2 is 1.79 bits per heavy atom. The van der Waals surface area contributed by atoms with Crippen LogP contribution in [0.3, 0.4) is 0 Å². The number of carbonyl (C=O) groups excluding carboxylic acids is 3. The normalized spacial score (nSPS) is 14.4. The molecular formula is C33H49ClN4O5. The van der Waals surface area contributed by atoms with Crippen molar-refractivity contribution in [3.63, 3.8) is 0 Å². The number of halogens is 1. The Morgan fingerprint density at radius 1 is 1.09 bits per heavy atom. The number of likely N-dealkylation sites (N-methyl/N-ethyl adjacent to an activating group) is 2. The molecule has 2 unspecified atom stereocenters. The zero-order valence-corrected chi connectivity index (χ0v) is 26.6. The second-order valence-corrected chi connectivity index (χ2v) is 11.2. The van der Waals surface area contributed by atoms with Crippen molar-refractivity contribution in [3.05, 3.63) is 64.7 Å². The fourth-order valence-corrected chi connectivity index (χ4v) is 5.30. The van der Waals surface area contributed by atoms with Crippen LogP contribution in [0.25, 0.3) is 0 Å². The van der Waals surface area contributed by atoms with Gasteiger partial charge in [0.2, 0.25) is 18.2 Å². The molecule has 0 bridgehead atoms. The van der Waals surface area contributed by atoms with Crippen molar-refractivity contribution in [2.24, 2.45) is 5.92 Å². The molecule has 1 saturated carbocycles. The monoisotopic (exact) mass is 616 g/mol. The van der Waals surface area contributed by atoms with Crippen molar-refractivity contribution in [1.82, 2.24) is 20.9 Å². The number of aliphatic hydroxyl groups is 1. The van der Waals surface area contributed by atoms with E-state index in [9.17, 15) is 19.5 Å². The lowest BCUT2D eigenvalue weighted by Crippen LogP contribution is -2.57. The molecule has 43 heavy (non-hydrogen) atoms. The molecule has 0 saturated heterocycles. The van der Waals surface area contributed by atoms with E-state index in [1.807, 2.05) is 55.5 Å². The maximum Gasteiger partial charge on any atom is 0.245 e. The number of nitrogens with zero attached hydrogens (tertiary/aromatic N) is 1.